The van der Waals surface area contributed by atoms with Gasteiger partial charge >= 0.3 is 5.97 Å². The lowest BCUT2D eigenvalue weighted by atomic mass is 10.1. The lowest BCUT2D eigenvalue weighted by molar-refractivity contribution is -0.142. The maximum atomic E-state index is 10.6. The van der Waals surface area contributed by atoms with Crippen LogP contribution in [-0.2, 0) is 16.1 Å². The summed E-state index contributed by atoms with van der Waals surface area (Å²) in [6, 6.07) is 5.95. The second kappa shape index (κ2) is 4.42. The molecule has 3 heteroatoms. The van der Waals surface area contributed by atoms with Gasteiger partial charge in [0.1, 0.15) is 6.61 Å². The summed E-state index contributed by atoms with van der Waals surface area (Å²) in [5, 5.41) is 0. The van der Waals surface area contributed by atoms with E-state index in [4.69, 9.17) is 4.74 Å². The van der Waals surface area contributed by atoms with E-state index in [0.717, 1.165) is 15.6 Å². The summed E-state index contributed by atoms with van der Waals surface area (Å²) in [5.41, 5.74) is 2.15. The number of carbonyl (C=O) groups excluding carboxylic acids is 1. The van der Waals surface area contributed by atoms with Crippen LogP contribution in [-0.4, -0.2) is 5.97 Å². The Morgan fingerprint density at radius 1 is 1.54 bits per heavy atom. The van der Waals surface area contributed by atoms with Gasteiger partial charge in [0.25, 0.3) is 0 Å². The molecule has 0 bridgehead atoms. The molecule has 0 saturated heterocycles. The molecule has 13 heavy (non-hydrogen) atoms. The molecule has 1 aromatic rings. The number of esters is 1. The fraction of sp³-hybridized carbons (Fsp3) is 0.300. The highest BCUT2D eigenvalue weighted by Gasteiger charge is 2.01. The molecule has 0 aliphatic heterocycles. The average molecular weight is 243 g/mol. The standard InChI is InChI=1S/C10H11BrO2/c1-7-3-4-10(11)9(5-7)6-13-8(2)12/h3-5H,6H2,1-2H3. The molecule has 70 valence electrons. The maximum absolute atomic E-state index is 10.6. The van der Waals surface area contributed by atoms with E-state index in [-0.39, 0.29) is 5.97 Å². The Labute approximate surface area is 86.0 Å². The molecule has 0 N–H and O–H groups in total. The second-order valence-corrected chi connectivity index (χ2v) is 3.73. The molecule has 0 fully saturated rings. The first-order chi connectivity index (χ1) is 6.09. The molecule has 0 heterocycles. The summed E-state index contributed by atoms with van der Waals surface area (Å²) < 4.78 is 5.87. The number of aryl methyl sites for hydroxylation is 1. The molecule has 0 saturated carbocycles. The van der Waals surface area contributed by atoms with Crippen molar-refractivity contribution < 1.29 is 9.53 Å². The Morgan fingerprint density at radius 2 is 2.23 bits per heavy atom. The minimum Gasteiger partial charge on any atom is -0.461 e. The minimum absolute atomic E-state index is 0.256. The summed E-state index contributed by atoms with van der Waals surface area (Å²) in [7, 11) is 0. The van der Waals surface area contributed by atoms with Crippen molar-refractivity contribution in [2.75, 3.05) is 0 Å². The molecular formula is C10H11BrO2. The highest BCUT2D eigenvalue weighted by molar-refractivity contribution is 9.10. The van der Waals surface area contributed by atoms with Crippen LogP contribution in [0.4, 0.5) is 0 Å². The van der Waals surface area contributed by atoms with Crippen molar-refractivity contribution in [3.8, 4) is 0 Å². The van der Waals surface area contributed by atoms with Crippen molar-refractivity contribution in [1.82, 2.24) is 0 Å². The number of carbonyl (C=O) groups is 1. The quantitative estimate of drug-likeness (QED) is 0.746. The van der Waals surface area contributed by atoms with Crippen LogP contribution in [0, 0.1) is 6.92 Å². The van der Waals surface area contributed by atoms with Gasteiger partial charge in [0.2, 0.25) is 0 Å². The number of benzene rings is 1. The van der Waals surface area contributed by atoms with E-state index in [9.17, 15) is 4.79 Å². The fourth-order valence-electron chi connectivity index (χ4n) is 0.994. The largest absolute Gasteiger partial charge is 0.461 e. The van der Waals surface area contributed by atoms with Gasteiger partial charge in [-0.3, -0.25) is 4.79 Å². The Morgan fingerprint density at radius 3 is 2.85 bits per heavy atom. The Balaban J connectivity index is 2.75. The van der Waals surface area contributed by atoms with Gasteiger partial charge in [0, 0.05) is 17.0 Å². The Hall–Kier alpha value is -0.830. The first kappa shape index (κ1) is 10.3. The number of rotatable bonds is 2. The van der Waals surface area contributed by atoms with Crippen LogP contribution in [0.25, 0.3) is 0 Å². The molecule has 0 radical (unpaired) electrons. The van der Waals surface area contributed by atoms with E-state index in [2.05, 4.69) is 15.9 Å². The van der Waals surface area contributed by atoms with Gasteiger partial charge in [0.15, 0.2) is 0 Å². The maximum Gasteiger partial charge on any atom is 0.302 e. The van der Waals surface area contributed by atoms with Gasteiger partial charge in [-0.1, -0.05) is 33.6 Å². The average Bonchev–Trinajstić information content (AvgIpc) is 2.06. The summed E-state index contributed by atoms with van der Waals surface area (Å²) in [4.78, 5) is 10.6. The third-order valence-corrected chi connectivity index (χ3v) is 2.41. The van der Waals surface area contributed by atoms with Crippen molar-refractivity contribution >= 4 is 21.9 Å². The number of hydrogen-bond donors (Lipinski definition) is 0. The van der Waals surface area contributed by atoms with E-state index in [0.29, 0.717) is 6.61 Å². The third kappa shape index (κ3) is 3.19. The molecule has 0 aliphatic carbocycles. The predicted octanol–water partition coefficient (Wildman–Crippen LogP) is 2.82. The monoisotopic (exact) mass is 242 g/mol. The lowest BCUT2D eigenvalue weighted by Gasteiger charge is -2.05. The van der Waals surface area contributed by atoms with E-state index in [1.807, 2.05) is 25.1 Å². The molecule has 1 aromatic carbocycles. The normalized spacial score (nSPS) is 9.77. The van der Waals surface area contributed by atoms with Crippen molar-refractivity contribution in [1.29, 1.82) is 0 Å². The van der Waals surface area contributed by atoms with Crippen molar-refractivity contribution in [2.45, 2.75) is 20.5 Å². The van der Waals surface area contributed by atoms with Gasteiger partial charge < -0.3 is 4.74 Å². The van der Waals surface area contributed by atoms with E-state index in [1.54, 1.807) is 0 Å². The van der Waals surface area contributed by atoms with Crippen molar-refractivity contribution in [2.24, 2.45) is 0 Å². The highest BCUT2D eigenvalue weighted by Crippen LogP contribution is 2.18. The van der Waals surface area contributed by atoms with Crippen molar-refractivity contribution in [3.05, 3.63) is 33.8 Å². The van der Waals surface area contributed by atoms with Gasteiger partial charge in [-0.05, 0) is 13.0 Å². The molecule has 0 atom stereocenters. The van der Waals surface area contributed by atoms with Gasteiger partial charge in [-0.15, -0.1) is 0 Å². The first-order valence-electron chi connectivity index (χ1n) is 3.98. The van der Waals surface area contributed by atoms with Crippen LogP contribution in [0.3, 0.4) is 0 Å². The van der Waals surface area contributed by atoms with Gasteiger partial charge in [0.05, 0.1) is 0 Å². The SMILES string of the molecule is CC(=O)OCc1cc(C)ccc1Br. The zero-order valence-corrected chi connectivity index (χ0v) is 9.22. The molecule has 0 spiro atoms. The van der Waals surface area contributed by atoms with Gasteiger partial charge in [-0.25, -0.2) is 0 Å². The topological polar surface area (TPSA) is 26.3 Å². The van der Waals surface area contributed by atoms with Crippen LogP contribution >= 0.6 is 15.9 Å². The number of halogens is 1. The van der Waals surface area contributed by atoms with Crippen LogP contribution in [0.2, 0.25) is 0 Å². The molecule has 1 rings (SSSR count). The number of ether oxygens (including phenoxy) is 1. The van der Waals surface area contributed by atoms with Crippen LogP contribution in [0.5, 0.6) is 0 Å². The van der Waals surface area contributed by atoms with Crippen LogP contribution < -0.4 is 0 Å². The summed E-state index contributed by atoms with van der Waals surface area (Å²) in [5.74, 6) is -0.256. The van der Waals surface area contributed by atoms with Crippen molar-refractivity contribution in [3.63, 3.8) is 0 Å². The van der Waals surface area contributed by atoms with Gasteiger partial charge in [-0.2, -0.15) is 0 Å². The van der Waals surface area contributed by atoms with Crippen LogP contribution in [0.1, 0.15) is 18.1 Å². The molecular weight excluding hydrogens is 232 g/mol. The smallest absolute Gasteiger partial charge is 0.302 e. The molecule has 0 aromatic heterocycles. The number of hydrogen-bond acceptors (Lipinski definition) is 2. The lowest BCUT2D eigenvalue weighted by Crippen LogP contribution is -1.99. The summed E-state index contributed by atoms with van der Waals surface area (Å²) in [6.45, 7) is 3.74. The summed E-state index contributed by atoms with van der Waals surface area (Å²) >= 11 is 3.39. The van der Waals surface area contributed by atoms with E-state index >= 15 is 0 Å². The predicted molar refractivity (Wildman–Crippen MR) is 54.3 cm³/mol. The molecule has 2 nitrogen and oxygen atoms in total. The van der Waals surface area contributed by atoms with E-state index in [1.165, 1.54) is 6.92 Å². The second-order valence-electron chi connectivity index (χ2n) is 2.88. The Kier molecular flexibility index (Phi) is 3.48. The molecule has 0 aliphatic rings. The first-order valence-corrected chi connectivity index (χ1v) is 4.77. The molecule has 0 unspecified atom stereocenters. The van der Waals surface area contributed by atoms with E-state index < -0.39 is 0 Å². The highest BCUT2D eigenvalue weighted by atomic mass is 79.9. The Bertz CT molecular complexity index is 321. The summed E-state index contributed by atoms with van der Waals surface area (Å²) in [6.07, 6.45) is 0. The zero-order valence-electron chi connectivity index (χ0n) is 7.63. The molecule has 0 amide bonds. The zero-order chi connectivity index (χ0) is 9.84. The third-order valence-electron chi connectivity index (χ3n) is 1.63. The fourth-order valence-corrected chi connectivity index (χ4v) is 1.35. The van der Waals surface area contributed by atoms with Crippen LogP contribution in [0.15, 0.2) is 22.7 Å². The minimum atomic E-state index is -0.256.